The molecule has 0 spiro atoms. The van der Waals surface area contributed by atoms with Crippen molar-refractivity contribution >= 4 is 16.1 Å². The highest BCUT2D eigenvalue weighted by Crippen LogP contribution is 2.25. The Kier molecular flexibility index (Phi) is 9.28. The minimum absolute atomic E-state index is 0.0473. The van der Waals surface area contributed by atoms with Crippen LogP contribution in [0.2, 0.25) is 0 Å². The SMILES string of the molecule is CC(C)NC(=O)NCC[C@H]1CC[C@H](NS(=O)(=O)c2ccc(Oc3ccccc3)cc2)[C@@H](CO)O1. The van der Waals surface area contributed by atoms with Gasteiger partial charge in [-0.25, -0.2) is 17.9 Å². The number of sulfonamides is 1. The summed E-state index contributed by atoms with van der Waals surface area (Å²) < 4.78 is 40.1. The molecule has 4 N–H and O–H groups in total. The van der Waals surface area contributed by atoms with Crippen LogP contribution in [0.25, 0.3) is 0 Å². The van der Waals surface area contributed by atoms with Crippen molar-refractivity contribution in [1.29, 1.82) is 0 Å². The first kappa shape index (κ1) is 26.0. The molecule has 1 aliphatic rings. The van der Waals surface area contributed by atoms with Crippen LogP contribution in [0.4, 0.5) is 4.79 Å². The van der Waals surface area contributed by atoms with Gasteiger partial charge in [0.1, 0.15) is 11.5 Å². The lowest BCUT2D eigenvalue weighted by Gasteiger charge is -2.36. The number of para-hydroxylation sites is 1. The van der Waals surface area contributed by atoms with E-state index in [1.54, 1.807) is 12.1 Å². The molecule has 2 amide bonds. The molecule has 186 valence electrons. The highest BCUT2D eigenvalue weighted by molar-refractivity contribution is 7.89. The first-order valence-corrected chi connectivity index (χ1v) is 12.9. The number of rotatable bonds is 10. The second-order valence-corrected chi connectivity index (χ2v) is 10.2. The molecule has 0 aliphatic carbocycles. The van der Waals surface area contributed by atoms with Crippen LogP contribution in [0.1, 0.15) is 33.1 Å². The maximum Gasteiger partial charge on any atom is 0.314 e. The van der Waals surface area contributed by atoms with Gasteiger partial charge in [0.05, 0.1) is 29.8 Å². The van der Waals surface area contributed by atoms with Gasteiger partial charge in [0, 0.05) is 12.6 Å². The minimum Gasteiger partial charge on any atom is -0.457 e. The Labute approximate surface area is 200 Å². The van der Waals surface area contributed by atoms with Crippen molar-refractivity contribution in [2.75, 3.05) is 13.2 Å². The molecular weight excluding hydrogens is 458 g/mol. The summed E-state index contributed by atoms with van der Waals surface area (Å²) >= 11 is 0. The van der Waals surface area contributed by atoms with E-state index >= 15 is 0 Å². The van der Waals surface area contributed by atoms with Crippen molar-refractivity contribution in [2.45, 2.75) is 62.3 Å². The van der Waals surface area contributed by atoms with E-state index in [2.05, 4.69) is 15.4 Å². The summed E-state index contributed by atoms with van der Waals surface area (Å²) in [5.74, 6) is 1.18. The van der Waals surface area contributed by atoms with Gasteiger partial charge in [0.2, 0.25) is 10.0 Å². The van der Waals surface area contributed by atoms with Crippen molar-refractivity contribution in [3.05, 3.63) is 54.6 Å². The Morgan fingerprint density at radius 2 is 1.76 bits per heavy atom. The number of aliphatic hydroxyl groups is 1. The van der Waals surface area contributed by atoms with Crippen LogP contribution in [0, 0.1) is 0 Å². The van der Waals surface area contributed by atoms with Gasteiger partial charge >= 0.3 is 6.03 Å². The second-order valence-electron chi connectivity index (χ2n) is 8.51. The second kappa shape index (κ2) is 12.2. The monoisotopic (exact) mass is 491 g/mol. The Bertz CT molecular complexity index is 1010. The smallest absolute Gasteiger partial charge is 0.314 e. The summed E-state index contributed by atoms with van der Waals surface area (Å²) in [6.45, 7) is 3.87. The zero-order valence-electron chi connectivity index (χ0n) is 19.4. The highest BCUT2D eigenvalue weighted by Gasteiger charge is 2.33. The fourth-order valence-electron chi connectivity index (χ4n) is 3.72. The van der Waals surface area contributed by atoms with Gasteiger partial charge in [-0.3, -0.25) is 0 Å². The van der Waals surface area contributed by atoms with Gasteiger partial charge in [0.25, 0.3) is 0 Å². The van der Waals surface area contributed by atoms with E-state index in [1.807, 2.05) is 44.2 Å². The summed E-state index contributed by atoms with van der Waals surface area (Å²) in [5.41, 5.74) is 0. The number of nitrogens with one attached hydrogen (secondary N) is 3. The Hall–Kier alpha value is -2.66. The number of carbonyl (C=O) groups excluding carboxylic acids is 1. The van der Waals surface area contributed by atoms with E-state index in [9.17, 15) is 18.3 Å². The zero-order valence-corrected chi connectivity index (χ0v) is 20.3. The van der Waals surface area contributed by atoms with Gasteiger partial charge in [0.15, 0.2) is 0 Å². The Balaban J connectivity index is 1.52. The normalized spacial score (nSPS) is 20.6. The van der Waals surface area contributed by atoms with E-state index in [0.29, 0.717) is 37.3 Å². The van der Waals surface area contributed by atoms with Gasteiger partial charge in [-0.05, 0) is 69.5 Å². The third-order valence-corrected chi connectivity index (χ3v) is 6.89. The molecular formula is C24H33N3O6S. The summed E-state index contributed by atoms with van der Waals surface area (Å²) in [7, 11) is -3.81. The number of benzene rings is 2. The van der Waals surface area contributed by atoms with Crippen molar-refractivity contribution in [3.63, 3.8) is 0 Å². The molecule has 9 nitrogen and oxygen atoms in total. The molecule has 10 heteroatoms. The van der Waals surface area contributed by atoms with Crippen LogP contribution < -0.4 is 20.1 Å². The molecule has 3 rings (SSSR count). The molecule has 0 unspecified atom stereocenters. The molecule has 0 aromatic heterocycles. The number of aliphatic hydroxyl groups excluding tert-OH is 1. The maximum absolute atomic E-state index is 12.9. The molecule has 1 heterocycles. The van der Waals surface area contributed by atoms with Crippen LogP contribution in [-0.4, -0.2) is 57.0 Å². The van der Waals surface area contributed by atoms with Crippen molar-refractivity contribution in [3.8, 4) is 11.5 Å². The van der Waals surface area contributed by atoms with Gasteiger partial charge in [-0.2, -0.15) is 0 Å². The topological polar surface area (TPSA) is 126 Å². The molecule has 3 atom stereocenters. The summed E-state index contributed by atoms with van der Waals surface area (Å²) in [5, 5.41) is 15.3. The third kappa shape index (κ3) is 7.69. The first-order chi connectivity index (χ1) is 16.3. The molecule has 0 bridgehead atoms. The molecule has 2 aromatic rings. The highest BCUT2D eigenvalue weighted by atomic mass is 32.2. The van der Waals surface area contributed by atoms with E-state index < -0.39 is 22.2 Å². The molecule has 2 aromatic carbocycles. The lowest BCUT2D eigenvalue weighted by atomic mass is 9.98. The van der Waals surface area contributed by atoms with Crippen LogP contribution in [0.5, 0.6) is 11.5 Å². The Morgan fingerprint density at radius 1 is 1.09 bits per heavy atom. The van der Waals surface area contributed by atoms with Crippen molar-refractivity contribution < 1.29 is 27.8 Å². The number of ether oxygens (including phenoxy) is 2. The third-order valence-electron chi connectivity index (χ3n) is 5.39. The molecule has 1 aliphatic heterocycles. The molecule has 1 fully saturated rings. The largest absolute Gasteiger partial charge is 0.457 e. The van der Waals surface area contributed by atoms with Gasteiger partial charge in [-0.15, -0.1) is 0 Å². The first-order valence-electron chi connectivity index (χ1n) is 11.4. The maximum atomic E-state index is 12.9. The van der Waals surface area contributed by atoms with Crippen molar-refractivity contribution in [1.82, 2.24) is 15.4 Å². The quantitative estimate of drug-likeness (QED) is 0.405. The molecule has 1 saturated heterocycles. The zero-order chi connectivity index (χ0) is 24.6. The fourth-order valence-corrected chi connectivity index (χ4v) is 5.02. The number of urea groups is 1. The number of hydrogen-bond acceptors (Lipinski definition) is 6. The van der Waals surface area contributed by atoms with E-state index in [0.717, 1.165) is 0 Å². The fraction of sp³-hybridized carbons (Fsp3) is 0.458. The van der Waals surface area contributed by atoms with Crippen LogP contribution in [0.3, 0.4) is 0 Å². The standard InChI is InChI=1S/C24H33N3O6S/c1-17(2)26-24(29)25-15-14-20-10-13-22(23(16-28)33-20)27-34(30,31)21-11-8-19(9-12-21)32-18-6-4-3-5-7-18/h3-9,11-12,17,20,22-23,27-28H,10,13-16H2,1-2H3,(H2,25,26,29)/t20-,22+,23-/m1/s1. The van der Waals surface area contributed by atoms with Crippen molar-refractivity contribution in [2.24, 2.45) is 0 Å². The summed E-state index contributed by atoms with van der Waals surface area (Å²) in [6.07, 6.45) is 0.860. The predicted octanol–water partition coefficient (Wildman–Crippen LogP) is 2.76. The Morgan fingerprint density at radius 3 is 2.41 bits per heavy atom. The van der Waals surface area contributed by atoms with E-state index in [1.165, 1.54) is 12.1 Å². The van der Waals surface area contributed by atoms with E-state index in [4.69, 9.17) is 9.47 Å². The number of hydrogen-bond donors (Lipinski definition) is 4. The number of carbonyl (C=O) groups is 1. The van der Waals surface area contributed by atoms with E-state index in [-0.39, 0.29) is 29.7 Å². The molecule has 0 radical (unpaired) electrons. The minimum atomic E-state index is -3.81. The molecule has 34 heavy (non-hydrogen) atoms. The molecule has 0 saturated carbocycles. The van der Waals surface area contributed by atoms with Crippen LogP contribution >= 0.6 is 0 Å². The summed E-state index contributed by atoms with van der Waals surface area (Å²) in [4.78, 5) is 11.8. The average molecular weight is 492 g/mol. The number of amides is 2. The lowest BCUT2D eigenvalue weighted by Crippen LogP contribution is -2.51. The van der Waals surface area contributed by atoms with Gasteiger partial charge < -0.3 is 25.2 Å². The summed E-state index contributed by atoms with van der Waals surface area (Å²) in [6, 6.07) is 14.6. The van der Waals surface area contributed by atoms with Gasteiger partial charge in [-0.1, -0.05) is 18.2 Å². The van der Waals surface area contributed by atoms with Crippen LogP contribution in [-0.2, 0) is 14.8 Å². The predicted molar refractivity (Wildman–Crippen MR) is 128 cm³/mol. The lowest BCUT2D eigenvalue weighted by molar-refractivity contribution is -0.0871. The average Bonchev–Trinajstić information content (AvgIpc) is 2.80. The van der Waals surface area contributed by atoms with Crippen LogP contribution in [0.15, 0.2) is 59.5 Å².